The summed E-state index contributed by atoms with van der Waals surface area (Å²) in [6.45, 7) is 1.60. The van der Waals surface area contributed by atoms with Gasteiger partial charge in [0.1, 0.15) is 23.4 Å². The van der Waals surface area contributed by atoms with Gasteiger partial charge in [-0.1, -0.05) is 35.3 Å². The molecule has 1 N–H and O–H groups in total. The normalized spacial score (nSPS) is 13.0. The standard InChI is InChI=1S/C20H18Cl2FN3O2/c1-12(28-17-7-6-14(21)11-16(17)22)20(27)25-18(19-24-8-9-26(19)2)13-4-3-5-15(23)10-13/h3-12,18H,1-2H3,(H,25,27)/t12-,18-/m0/s1. The van der Waals surface area contributed by atoms with Crippen LogP contribution in [0.5, 0.6) is 5.75 Å². The highest BCUT2D eigenvalue weighted by Gasteiger charge is 2.25. The Labute approximate surface area is 172 Å². The molecule has 146 valence electrons. The highest BCUT2D eigenvalue weighted by molar-refractivity contribution is 6.35. The maximum absolute atomic E-state index is 13.7. The fourth-order valence-electron chi connectivity index (χ4n) is 2.71. The molecule has 1 amide bonds. The van der Waals surface area contributed by atoms with Crippen molar-refractivity contribution in [2.45, 2.75) is 19.1 Å². The van der Waals surface area contributed by atoms with Crippen molar-refractivity contribution in [2.75, 3.05) is 0 Å². The molecule has 2 atom stereocenters. The first kappa shape index (κ1) is 20.2. The van der Waals surface area contributed by atoms with Crippen molar-refractivity contribution in [2.24, 2.45) is 7.05 Å². The van der Waals surface area contributed by atoms with E-state index in [0.717, 1.165) is 0 Å². The van der Waals surface area contributed by atoms with Gasteiger partial charge in [0, 0.05) is 24.5 Å². The molecule has 0 spiro atoms. The van der Waals surface area contributed by atoms with E-state index in [1.165, 1.54) is 18.2 Å². The third-order valence-corrected chi connectivity index (χ3v) is 4.68. The van der Waals surface area contributed by atoms with Crippen molar-refractivity contribution in [3.05, 3.63) is 82.1 Å². The number of hydrogen-bond acceptors (Lipinski definition) is 3. The second kappa shape index (κ2) is 8.63. The Kier molecular flexibility index (Phi) is 6.21. The molecule has 0 aliphatic carbocycles. The highest BCUT2D eigenvalue weighted by atomic mass is 35.5. The minimum absolute atomic E-state index is 0.304. The summed E-state index contributed by atoms with van der Waals surface area (Å²) in [5.41, 5.74) is 0.569. The molecular formula is C20H18Cl2FN3O2. The van der Waals surface area contributed by atoms with Gasteiger partial charge in [-0.15, -0.1) is 0 Å². The monoisotopic (exact) mass is 421 g/mol. The van der Waals surface area contributed by atoms with Crippen LogP contribution < -0.4 is 10.1 Å². The van der Waals surface area contributed by atoms with Gasteiger partial charge < -0.3 is 14.6 Å². The molecule has 0 aliphatic heterocycles. The zero-order valence-electron chi connectivity index (χ0n) is 15.2. The Morgan fingerprint density at radius 3 is 2.68 bits per heavy atom. The van der Waals surface area contributed by atoms with Crippen molar-refractivity contribution in [1.29, 1.82) is 0 Å². The zero-order chi connectivity index (χ0) is 20.3. The highest BCUT2D eigenvalue weighted by Crippen LogP contribution is 2.28. The van der Waals surface area contributed by atoms with E-state index in [0.29, 0.717) is 27.2 Å². The summed E-state index contributed by atoms with van der Waals surface area (Å²) in [6, 6.07) is 10.1. The first-order chi connectivity index (χ1) is 13.3. The predicted octanol–water partition coefficient (Wildman–Crippen LogP) is 4.54. The predicted molar refractivity (Wildman–Crippen MR) is 106 cm³/mol. The zero-order valence-corrected chi connectivity index (χ0v) is 16.7. The number of rotatable bonds is 6. The lowest BCUT2D eigenvalue weighted by Crippen LogP contribution is -2.39. The van der Waals surface area contributed by atoms with E-state index < -0.39 is 23.9 Å². The molecule has 1 aromatic heterocycles. The second-order valence-electron chi connectivity index (χ2n) is 6.23. The van der Waals surface area contributed by atoms with Gasteiger partial charge in [0.05, 0.1) is 5.02 Å². The van der Waals surface area contributed by atoms with Gasteiger partial charge in [-0.25, -0.2) is 9.37 Å². The van der Waals surface area contributed by atoms with Crippen LogP contribution in [-0.4, -0.2) is 21.6 Å². The molecule has 2 aromatic carbocycles. The molecular weight excluding hydrogens is 404 g/mol. The molecule has 3 rings (SSSR count). The molecule has 0 bridgehead atoms. The summed E-state index contributed by atoms with van der Waals surface area (Å²) >= 11 is 12.0. The number of nitrogens with zero attached hydrogens (tertiary/aromatic N) is 2. The number of benzene rings is 2. The van der Waals surface area contributed by atoms with E-state index in [9.17, 15) is 9.18 Å². The number of halogens is 3. The van der Waals surface area contributed by atoms with Gasteiger partial charge in [-0.3, -0.25) is 4.79 Å². The first-order valence-corrected chi connectivity index (χ1v) is 9.25. The average Bonchev–Trinajstić information content (AvgIpc) is 3.07. The van der Waals surface area contributed by atoms with Crippen LogP contribution in [0.2, 0.25) is 10.0 Å². The molecule has 8 heteroatoms. The Morgan fingerprint density at radius 2 is 2.04 bits per heavy atom. The molecule has 0 radical (unpaired) electrons. The van der Waals surface area contributed by atoms with Crippen molar-refractivity contribution in [1.82, 2.24) is 14.9 Å². The van der Waals surface area contributed by atoms with Gasteiger partial charge >= 0.3 is 0 Å². The number of nitrogens with one attached hydrogen (secondary N) is 1. The van der Waals surface area contributed by atoms with Gasteiger partial charge in [0.15, 0.2) is 6.10 Å². The van der Waals surface area contributed by atoms with Crippen LogP contribution in [0.1, 0.15) is 24.4 Å². The number of ether oxygens (including phenoxy) is 1. The summed E-state index contributed by atoms with van der Waals surface area (Å²) in [4.78, 5) is 17.1. The minimum atomic E-state index is -0.852. The fourth-order valence-corrected chi connectivity index (χ4v) is 3.17. The average molecular weight is 422 g/mol. The van der Waals surface area contributed by atoms with E-state index in [1.54, 1.807) is 55.2 Å². The maximum Gasteiger partial charge on any atom is 0.261 e. The van der Waals surface area contributed by atoms with Crippen LogP contribution in [0, 0.1) is 5.82 Å². The molecule has 0 saturated carbocycles. The molecule has 0 aliphatic rings. The van der Waals surface area contributed by atoms with Crippen molar-refractivity contribution in [3.63, 3.8) is 0 Å². The lowest BCUT2D eigenvalue weighted by molar-refractivity contribution is -0.127. The summed E-state index contributed by atoms with van der Waals surface area (Å²) in [5, 5.41) is 3.64. The number of imidazole rings is 1. The number of hydrogen-bond donors (Lipinski definition) is 1. The van der Waals surface area contributed by atoms with Crippen LogP contribution in [0.3, 0.4) is 0 Å². The largest absolute Gasteiger partial charge is 0.479 e. The number of carbonyl (C=O) groups excluding carboxylic acids is 1. The van der Waals surface area contributed by atoms with E-state index >= 15 is 0 Å². The van der Waals surface area contributed by atoms with Gasteiger partial charge in [0.2, 0.25) is 0 Å². The minimum Gasteiger partial charge on any atom is -0.479 e. The Morgan fingerprint density at radius 1 is 1.25 bits per heavy atom. The fraction of sp³-hybridized carbons (Fsp3) is 0.200. The molecule has 3 aromatic rings. The number of amides is 1. The Balaban J connectivity index is 1.82. The van der Waals surface area contributed by atoms with Crippen LogP contribution in [-0.2, 0) is 11.8 Å². The number of aromatic nitrogens is 2. The summed E-state index contributed by atoms with van der Waals surface area (Å²) < 4.78 is 21.2. The van der Waals surface area contributed by atoms with Crippen LogP contribution in [0.15, 0.2) is 54.9 Å². The quantitative estimate of drug-likeness (QED) is 0.635. The van der Waals surface area contributed by atoms with Crippen molar-refractivity contribution < 1.29 is 13.9 Å². The topological polar surface area (TPSA) is 56.1 Å². The first-order valence-electron chi connectivity index (χ1n) is 8.50. The number of carbonyl (C=O) groups is 1. The molecule has 1 heterocycles. The molecule has 0 fully saturated rings. The SMILES string of the molecule is C[C@H](Oc1ccc(Cl)cc1Cl)C(=O)N[C@@H](c1cccc(F)c1)c1nccn1C. The van der Waals surface area contributed by atoms with E-state index in [4.69, 9.17) is 27.9 Å². The third-order valence-electron chi connectivity index (χ3n) is 4.15. The van der Waals surface area contributed by atoms with Gasteiger partial charge in [-0.2, -0.15) is 0 Å². The second-order valence-corrected chi connectivity index (χ2v) is 7.07. The lowest BCUT2D eigenvalue weighted by Gasteiger charge is -2.22. The maximum atomic E-state index is 13.7. The Bertz CT molecular complexity index is 993. The van der Waals surface area contributed by atoms with Gasteiger partial charge in [0.25, 0.3) is 5.91 Å². The number of aryl methyl sites for hydroxylation is 1. The van der Waals surface area contributed by atoms with Crippen LogP contribution >= 0.6 is 23.2 Å². The van der Waals surface area contributed by atoms with E-state index in [2.05, 4.69) is 10.3 Å². The van der Waals surface area contributed by atoms with Gasteiger partial charge in [-0.05, 0) is 42.8 Å². The summed E-state index contributed by atoms with van der Waals surface area (Å²) in [5.74, 6) is 0.107. The summed E-state index contributed by atoms with van der Waals surface area (Å²) in [6.07, 6.45) is 2.51. The van der Waals surface area contributed by atoms with Crippen molar-refractivity contribution in [3.8, 4) is 5.75 Å². The van der Waals surface area contributed by atoms with E-state index in [1.807, 2.05) is 0 Å². The van der Waals surface area contributed by atoms with E-state index in [-0.39, 0.29) is 0 Å². The molecule has 0 unspecified atom stereocenters. The Hall–Kier alpha value is -2.57. The van der Waals surface area contributed by atoms with Crippen LogP contribution in [0.4, 0.5) is 4.39 Å². The molecule has 28 heavy (non-hydrogen) atoms. The summed E-state index contributed by atoms with van der Waals surface area (Å²) in [7, 11) is 1.80. The molecule has 0 saturated heterocycles. The van der Waals surface area contributed by atoms with Crippen molar-refractivity contribution >= 4 is 29.1 Å². The lowest BCUT2D eigenvalue weighted by atomic mass is 10.1. The smallest absolute Gasteiger partial charge is 0.261 e. The third kappa shape index (κ3) is 4.64. The van der Waals surface area contributed by atoms with Crippen LogP contribution in [0.25, 0.3) is 0 Å². The molecule has 5 nitrogen and oxygen atoms in total.